The van der Waals surface area contributed by atoms with E-state index in [0.717, 1.165) is 18.8 Å². The Morgan fingerprint density at radius 1 is 1.16 bits per heavy atom. The number of ether oxygens (including phenoxy) is 3. The molecule has 0 saturated carbocycles. The number of carbonyl (C=O) groups is 1. The summed E-state index contributed by atoms with van der Waals surface area (Å²) in [5, 5.41) is 2.44. The molecule has 1 aromatic carbocycles. The number of benzene rings is 1. The first-order valence-electron chi connectivity index (χ1n) is 10.1. The van der Waals surface area contributed by atoms with Crippen LogP contribution in [0, 0.1) is 0 Å². The molecule has 170 valence electrons. The second-order valence-electron chi connectivity index (χ2n) is 6.69. The Bertz CT molecular complexity index is 813. The van der Waals surface area contributed by atoms with E-state index >= 15 is 0 Å². The van der Waals surface area contributed by atoms with Gasteiger partial charge in [-0.15, -0.1) is 0 Å². The minimum atomic E-state index is -2.58. The summed E-state index contributed by atoms with van der Waals surface area (Å²) >= 11 is 0. The Morgan fingerprint density at radius 3 is 2.42 bits per heavy atom. The monoisotopic (exact) mass is 437 g/mol. The molecule has 1 aliphatic heterocycles. The van der Waals surface area contributed by atoms with Crippen LogP contribution >= 0.6 is 0 Å². The molecule has 0 aliphatic carbocycles. The number of rotatable bonds is 8. The molecule has 0 radical (unpaired) electrons. The molecule has 1 fully saturated rings. The highest BCUT2D eigenvalue weighted by molar-refractivity contribution is 5.76. The quantitative estimate of drug-likeness (QED) is 0.668. The average molecular weight is 437 g/mol. The number of amides is 1. The molecule has 1 aromatic heterocycles. The summed E-state index contributed by atoms with van der Waals surface area (Å²) in [5.74, 6) is 1.63. The number of aromatic nitrogens is 1. The van der Waals surface area contributed by atoms with Crippen molar-refractivity contribution in [3.05, 3.63) is 42.2 Å². The lowest BCUT2D eigenvalue weighted by molar-refractivity contribution is -0.125. The fourth-order valence-electron chi connectivity index (χ4n) is 2.88. The standard InChI is InChI=1S/C17H18F2N2O2.C5H11NO2/c1-22-14-8-12(21-6-2-3-7-21)9-15(10-14)23-13-4-5-16(17(18)19)20-11-13;1-3-8-4-5(7)6-2/h4-5,8-11,17H,2-3,6-7H2,1H3;3-4H2,1-2H3,(H,6,7). The number of nitrogens with one attached hydrogen (secondary N) is 1. The molecule has 1 amide bonds. The van der Waals surface area contributed by atoms with E-state index in [2.05, 4.69) is 15.2 Å². The van der Waals surface area contributed by atoms with Crippen molar-refractivity contribution in [2.45, 2.75) is 26.2 Å². The molecule has 2 aromatic rings. The predicted octanol–water partition coefficient (Wildman–Crippen LogP) is 4.19. The van der Waals surface area contributed by atoms with Gasteiger partial charge >= 0.3 is 0 Å². The van der Waals surface area contributed by atoms with Gasteiger partial charge in [-0.2, -0.15) is 0 Å². The summed E-state index contributed by atoms with van der Waals surface area (Å²) in [6.07, 6.45) is 1.07. The highest BCUT2D eigenvalue weighted by Crippen LogP contribution is 2.33. The van der Waals surface area contributed by atoms with Gasteiger partial charge in [0.05, 0.1) is 13.3 Å². The number of pyridine rings is 1. The maximum absolute atomic E-state index is 12.5. The third-order valence-electron chi connectivity index (χ3n) is 4.51. The molecular formula is C22H29F2N3O4. The number of alkyl halides is 2. The van der Waals surface area contributed by atoms with Crippen LogP contribution in [0.4, 0.5) is 14.5 Å². The minimum Gasteiger partial charge on any atom is -0.497 e. The summed E-state index contributed by atoms with van der Waals surface area (Å²) < 4.78 is 40.9. The molecule has 9 heteroatoms. The second-order valence-corrected chi connectivity index (χ2v) is 6.69. The van der Waals surface area contributed by atoms with E-state index in [0.29, 0.717) is 23.9 Å². The predicted molar refractivity (Wildman–Crippen MR) is 114 cm³/mol. The molecule has 0 spiro atoms. The Balaban J connectivity index is 0.000000366. The third kappa shape index (κ3) is 8.01. The molecule has 1 saturated heterocycles. The first-order valence-corrected chi connectivity index (χ1v) is 10.1. The van der Waals surface area contributed by atoms with Crippen LogP contribution in [0.1, 0.15) is 31.9 Å². The van der Waals surface area contributed by atoms with Crippen LogP contribution < -0.4 is 19.7 Å². The van der Waals surface area contributed by atoms with Crippen LogP contribution in [0.25, 0.3) is 0 Å². The maximum Gasteiger partial charge on any atom is 0.280 e. The second kappa shape index (κ2) is 12.7. The number of nitrogens with zero attached hydrogens (tertiary/aromatic N) is 2. The van der Waals surface area contributed by atoms with Crippen LogP contribution in [0.3, 0.4) is 0 Å². The minimum absolute atomic E-state index is 0.0770. The van der Waals surface area contributed by atoms with E-state index in [9.17, 15) is 13.6 Å². The molecule has 3 rings (SSSR count). The van der Waals surface area contributed by atoms with Crippen LogP contribution in [-0.2, 0) is 9.53 Å². The zero-order valence-corrected chi connectivity index (χ0v) is 18.1. The van der Waals surface area contributed by atoms with E-state index in [1.807, 2.05) is 19.1 Å². The molecule has 1 aliphatic rings. The Labute approximate surface area is 181 Å². The van der Waals surface area contributed by atoms with E-state index in [1.54, 1.807) is 20.2 Å². The summed E-state index contributed by atoms with van der Waals surface area (Å²) in [6, 6.07) is 8.41. The van der Waals surface area contributed by atoms with Gasteiger partial charge in [-0.1, -0.05) is 0 Å². The van der Waals surface area contributed by atoms with Crippen molar-refractivity contribution in [1.29, 1.82) is 0 Å². The number of halogens is 2. The van der Waals surface area contributed by atoms with Crippen molar-refractivity contribution in [2.75, 3.05) is 45.4 Å². The summed E-state index contributed by atoms with van der Waals surface area (Å²) in [7, 11) is 3.19. The molecule has 0 atom stereocenters. The van der Waals surface area contributed by atoms with E-state index in [1.165, 1.54) is 31.2 Å². The SMILES string of the molecule is CCOCC(=O)NC.COc1cc(Oc2ccc(C(F)F)nc2)cc(N2CCCC2)c1. The average Bonchev–Trinajstić information content (AvgIpc) is 3.33. The first-order chi connectivity index (χ1) is 15.0. The lowest BCUT2D eigenvalue weighted by Crippen LogP contribution is -2.23. The van der Waals surface area contributed by atoms with Gasteiger partial charge in [-0.05, 0) is 31.9 Å². The molecule has 0 unspecified atom stereocenters. The smallest absolute Gasteiger partial charge is 0.280 e. The Hall–Kier alpha value is -2.94. The summed E-state index contributed by atoms with van der Waals surface area (Å²) in [6.45, 7) is 4.64. The number of likely N-dealkylation sites (N-methyl/N-ethyl adjacent to an activating group) is 1. The van der Waals surface area contributed by atoms with Crippen molar-refractivity contribution in [1.82, 2.24) is 10.3 Å². The van der Waals surface area contributed by atoms with E-state index in [-0.39, 0.29) is 18.2 Å². The third-order valence-corrected chi connectivity index (χ3v) is 4.51. The Kier molecular flexibility index (Phi) is 9.96. The lowest BCUT2D eigenvalue weighted by atomic mass is 10.2. The van der Waals surface area contributed by atoms with Gasteiger partial charge in [-0.3, -0.25) is 9.78 Å². The van der Waals surface area contributed by atoms with Gasteiger partial charge in [-0.25, -0.2) is 8.78 Å². The van der Waals surface area contributed by atoms with Crippen LogP contribution in [0.15, 0.2) is 36.5 Å². The van der Waals surface area contributed by atoms with Gasteiger partial charge in [0.25, 0.3) is 6.43 Å². The van der Waals surface area contributed by atoms with E-state index < -0.39 is 6.43 Å². The van der Waals surface area contributed by atoms with E-state index in [4.69, 9.17) is 14.2 Å². The lowest BCUT2D eigenvalue weighted by Gasteiger charge is -2.19. The van der Waals surface area contributed by atoms with Crippen LogP contribution in [0.5, 0.6) is 17.2 Å². The zero-order chi connectivity index (χ0) is 22.6. The number of carbonyl (C=O) groups excluding carboxylic acids is 1. The topological polar surface area (TPSA) is 72.9 Å². The largest absolute Gasteiger partial charge is 0.497 e. The normalized spacial score (nSPS) is 12.9. The molecule has 31 heavy (non-hydrogen) atoms. The van der Waals surface area contributed by atoms with Crippen molar-refractivity contribution in [2.24, 2.45) is 0 Å². The van der Waals surface area contributed by atoms with Crippen molar-refractivity contribution < 1.29 is 27.8 Å². The molecule has 1 N–H and O–H groups in total. The van der Waals surface area contributed by atoms with Gasteiger partial charge in [0.1, 0.15) is 29.5 Å². The summed E-state index contributed by atoms with van der Waals surface area (Å²) in [5.41, 5.74) is 0.773. The van der Waals surface area contributed by atoms with Gasteiger partial charge in [0.15, 0.2) is 0 Å². The molecule has 0 bridgehead atoms. The highest BCUT2D eigenvalue weighted by Gasteiger charge is 2.15. The van der Waals surface area contributed by atoms with Crippen molar-refractivity contribution >= 4 is 11.6 Å². The van der Waals surface area contributed by atoms with Gasteiger partial charge < -0.3 is 24.4 Å². The number of anilines is 1. The first kappa shape index (κ1) is 24.3. The molecule has 7 nitrogen and oxygen atoms in total. The fourth-order valence-corrected chi connectivity index (χ4v) is 2.88. The molecule has 2 heterocycles. The number of hydrogen-bond donors (Lipinski definition) is 1. The van der Waals surface area contributed by atoms with Crippen LogP contribution in [-0.4, -0.2) is 51.4 Å². The number of hydrogen-bond acceptors (Lipinski definition) is 6. The maximum atomic E-state index is 12.5. The summed E-state index contributed by atoms with van der Waals surface area (Å²) in [4.78, 5) is 16.3. The van der Waals surface area contributed by atoms with Gasteiger partial charge in [0, 0.05) is 50.6 Å². The van der Waals surface area contributed by atoms with Gasteiger partial charge in [0.2, 0.25) is 5.91 Å². The van der Waals surface area contributed by atoms with Crippen LogP contribution in [0.2, 0.25) is 0 Å². The van der Waals surface area contributed by atoms with Crippen molar-refractivity contribution in [3.8, 4) is 17.2 Å². The fraction of sp³-hybridized carbons (Fsp3) is 0.455. The number of methoxy groups -OCH3 is 1. The zero-order valence-electron chi connectivity index (χ0n) is 18.1. The van der Waals surface area contributed by atoms with Crippen molar-refractivity contribution in [3.63, 3.8) is 0 Å². The highest BCUT2D eigenvalue weighted by atomic mass is 19.3. The molecular weight excluding hydrogens is 408 g/mol. The Morgan fingerprint density at radius 2 is 1.87 bits per heavy atom.